The first-order valence-electron chi connectivity index (χ1n) is 6.49. The van der Waals surface area contributed by atoms with E-state index in [1.54, 1.807) is 0 Å². The van der Waals surface area contributed by atoms with Crippen molar-refractivity contribution in [1.82, 2.24) is 0 Å². The van der Waals surface area contributed by atoms with Crippen molar-refractivity contribution in [3.63, 3.8) is 0 Å². The number of rotatable bonds is 12. The summed E-state index contributed by atoms with van der Waals surface area (Å²) in [5.41, 5.74) is 0. The standard InChI is InChI=1S/C12H22O6/c13-1-2-14-3-4-16-10(5-11-8-17-11)6-15-7-12-9-18-12/h10-13H,1-9H2. The maximum atomic E-state index is 8.56. The summed E-state index contributed by atoms with van der Waals surface area (Å²) in [6, 6.07) is 0. The van der Waals surface area contributed by atoms with Gasteiger partial charge in [-0.15, -0.1) is 0 Å². The molecule has 0 saturated carbocycles. The average Bonchev–Trinajstić information content (AvgIpc) is 3.23. The first-order valence-corrected chi connectivity index (χ1v) is 6.49. The van der Waals surface area contributed by atoms with Gasteiger partial charge in [-0.05, 0) is 0 Å². The lowest BCUT2D eigenvalue weighted by atomic mass is 10.2. The Morgan fingerprint density at radius 3 is 2.50 bits per heavy atom. The van der Waals surface area contributed by atoms with E-state index in [0.29, 0.717) is 39.1 Å². The lowest BCUT2D eigenvalue weighted by Gasteiger charge is -2.17. The molecule has 0 aromatic heterocycles. The molecule has 18 heavy (non-hydrogen) atoms. The van der Waals surface area contributed by atoms with E-state index in [-0.39, 0.29) is 18.8 Å². The number of ether oxygens (including phenoxy) is 5. The van der Waals surface area contributed by atoms with Gasteiger partial charge in [0.15, 0.2) is 0 Å². The van der Waals surface area contributed by atoms with Crippen LogP contribution in [-0.4, -0.2) is 76.3 Å². The molecule has 0 aromatic carbocycles. The highest BCUT2D eigenvalue weighted by Crippen LogP contribution is 2.18. The third kappa shape index (κ3) is 6.63. The van der Waals surface area contributed by atoms with Gasteiger partial charge >= 0.3 is 0 Å². The summed E-state index contributed by atoms with van der Waals surface area (Å²) in [6.07, 6.45) is 1.53. The lowest BCUT2D eigenvalue weighted by molar-refractivity contribution is -0.0477. The van der Waals surface area contributed by atoms with E-state index in [1.807, 2.05) is 0 Å². The van der Waals surface area contributed by atoms with E-state index in [2.05, 4.69) is 0 Å². The molecular weight excluding hydrogens is 240 g/mol. The van der Waals surface area contributed by atoms with Gasteiger partial charge in [0.05, 0.1) is 65.1 Å². The molecule has 0 spiro atoms. The summed E-state index contributed by atoms with van der Waals surface area (Å²) in [4.78, 5) is 0. The van der Waals surface area contributed by atoms with E-state index in [4.69, 9.17) is 28.8 Å². The van der Waals surface area contributed by atoms with E-state index in [9.17, 15) is 0 Å². The fraction of sp³-hybridized carbons (Fsp3) is 1.00. The lowest BCUT2D eigenvalue weighted by Crippen LogP contribution is -2.25. The maximum absolute atomic E-state index is 8.56. The molecule has 2 saturated heterocycles. The van der Waals surface area contributed by atoms with Crippen LogP contribution in [0.2, 0.25) is 0 Å². The van der Waals surface area contributed by atoms with Crippen LogP contribution in [0.25, 0.3) is 0 Å². The zero-order valence-electron chi connectivity index (χ0n) is 10.6. The van der Waals surface area contributed by atoms with Gasteiger partial charge in [0.25, 0.3) is 0 Å². The van der Waals surface area contributed by atoms with E-state index in [1.165, 1.54) is 0 Å². The summed E-state index contributed by atoms with van der Waals surface area (Å²) in [5, 5.41) is 8.56. The number of hydrogen-bond donors (Lipinski definition) is 1. The largest absolute Gasteiger partial charge is 0.394 e. The molecule has 6 nitrogen and oxygen atoms in total. The minimum absolute atomic E-state index is 0.0455. The van der Waals surface area contributed by atoms with Gasteiger partial charge in [-0.3, -0.25) is 0 Å². The number of aliphatic hydroxyl groups excluding tert-OH is 1. The summed E-state index contributed by atoms with van der Waals surface area (Å²) in [6.45, 7) is 4.26. The molecule has 3 unspecified atom stereocenters. The van der Waals surface area contributed by atoms with Crippen molar-refractivity contribution >= 4 is 0 Å². The van der Waals surface area contributed by atoms with Gasteiger partial charge in [0.2, 0.25) is 0 Å². The average molecular weight is 262 g/mol. The molecule has 1 N–H and O–H groups in total. The topological polar surface area (TPSA) is 73.0 Å². The Morgan fingerprint density at radius 1 is 1.06 bits per heavy atom. The molecule has 2 fully saturated rings. The van der Waals surface area contributed by atoms with Crippen molar-refractivity contribution in [2.24, 2.45) is 0 Å². The van der Waals surface area contributed by atoms with Gasteiger partial charge in [0.1, 0.15) is 6.10 Å². The molecule has 2 aliphatic rings. The molecule has 6 heteroatoms. The Bertz CT molecular complexity index is 217. The van der Waals surface area contributed by atoms with Gasteiger partial charge in [0, 0.05) is 6.42 Å². The third-order valence-corrected chi connectivity index (χ3v) is 2.75. The van der Waals surface area contributed by atoms with Crippen LogP contribution in [0.5, 0.6) is 0 Å². The van der Waals surface area contributed by atoms with Crippen molar-refractivity contribution in [3.05, 3.63) is 0 Å². The number of epoxide rings is 2. The minimum atomic E-state index is 0.0455. The molecule has 0 amide bonds. The number of hydrogen-bond acceptors (Lipinski definition) is 6. The zero-order chi connectivity index (χ0) is 12.6. The van der Waals surface area contributed by atoms with Crippen LogP contribution in [0.4, 0.5) is 0 Å². The second kappa shape index (κ2) is 8.04. The van der Waals surface area contributed by atoms with Crippen LogP contribution >= 0.6 is 0 Å². The van der Waals surface area contributed by atoms with E-state index >= 15 is 0 Å². The van der Waals surface area contributed by atoms with Crippen LogP contribution in [0.3, 0.4) is 0 Å². The van der Waals surface area contributed by atoms with Crippen molar-refractivity contribution in [1.29, 1.82) is 0 Å². The van der Waals surface area contributed by atoms with Crippen LogP contribution in [0.1, 0.15) is 6.42 Å². The second-order valence-electron chi connectivity index (χ2n) is 4.51. The summed E-state index contributed by atoms with van der Waals surface area (Å²) < 4.78 is 26.6. The highest BCUT2D eigenvalue weighted by Gasteiger charge is 2.28. The quantitative estimate of drug-likeness (QED) is 0.380. The molecular formula is C12H22O6. The van der Waals surface area contributed by atoms with Crippen molar-refractivity contribution < 1.29 is 28.8 Å². The van der Waals surface area contributed by atoms with E-state index < -0.39 is 0 Å². The summed E-state index contributed by atoms with van der Waals surface area (Å²) in [5.74, 6) is 0. The molecule has 0 aromatic rings. The smallest absolute Gasteiger partial charge is 0.104 e. The van der Waals surface area contributed by atoms with Gasteiger partial charge in [-0.1, -0.05) is 0 Å². The Kier molecular flexibility index (Phi) is 6.33. The predicted molar refractivity (Wildman–Crippen MR) is 62.6 cm³/mol. The zero-order valence-corrected chi connectivity index (χ0v) is 10.6. The molecule has 0 aliphatic carbocycles. The molecule has 3 atom stereocenters. The summed E-state index contributed by atoms with van der Waals surface area (Å²) >= 11 is 0. The highest BCUT2D eigenvalue weighted by atomic mass is 16.6. The fourth-order valence-electron chi connectivity index (χ4n) is 1.62. The maximum Gasteiger partial charge on any atom is 0.104 e. The van der Waals surface area contributed by atoms with E-state index in [0.717, 1.165) is 19.6 Å². The first-order chi connectivity index (χ1) is 8.88. The molecule has 2 heterocycles. The second-order valence-corrected chi connectivity index (χ2v) is 4.51. The molecule has 2 aliphatic heterocycles. The molecule has 0 bridgehead atoms. The van der Waals surface area contributed by atoms with Crippen molar-refractivity contribution in [3.8, 4) is 0 Å². The predicted octanol–water partition coefficient (Wildman–Crippen LogP) is -0.415. The summed E-state index contributed by atoms with van der Waals surface area (Å²) in [7, 11) is 0. The molecule has 2 rings (SSSR count). The Morgan fingerprint density at radius 2 is 1.83 bits per heavy atom. The molecule has 106 valence electrons. The van der Waals surface area contributed by atoms with Crippen LogP contribution < -0.4 is 0 Å². The minimum Gasteiger partial charge on any atom is -0.394 e. The van der Waals surface area contributed by atoms with Crippen molar-refractivity contribution in [2.75, 3.05) is 52.9 Å². The highest BCUT2D eigenvalue weighted by molar-refractivity contribution is 4.75. The van der Waals surface area contributed by atoms with Gasteiger partial charge in [-0.25, -0.2) is 0 Å². The Hall–Kier alpha value is -0.240. The fourth-order valence-corrected chi connectivity index (χ4v) is 1.62. The monoisotopic (exact) mass is 262 g/mol. The molecule has 0 radical (unpaired) electrons. The first kappa shape index (κ1) is 14.2. The third-order valence-electron chi connectivity index (χ3n) is 2.75. The Balaban J connectivity index is 1.51. The number of aliphatic hydroxyl groups is 1. The normalized spacial score (nSPS) is 27.2. The van der Waals surface area contributed by atoms with Crippen LogP contribution in [-0.2, 0) is 23.7 Å². The van der Waals surface area contributed by atoms with Crippen LogP contribution in [0, 0.1) is 0 Å². The Labute approximate surface area is 107 Å². The van der Waals surface area contributed by atoms with Crippen molar-refractivity contribution in [2.45, 2.75) is 24.7 Å². The van der Waals surface area contributed by atoms with Crippen LogP contribution in [0.15, 0.2) is 0 Å². The van der Waals surface area contributed by atoms with Gasteiger partial charge < -0.3 is 28.8 Å². The van der Waals surface area contributed by atoms with Gasteiger partial charge in [-0.2, -0.15) is 0 Å². The SMILES string of the molecule is OCCOCCOC(COCC1CO1)CC1CO1.